The van der Waals surface area contributed by atoms with Crippen molar-refractivity contribution in [2.45, 2.75) is 39.0 Å². The van der Waals surface area contributed by atoms with Crippen LogP contribution in [0.3, 0.4) is 0 Å². The summed E-state index contributed by atoms with van der Waals surface area (Å²) in [7, 11) is -3.18. The van der Waals surface area contributed by atoms with Crippen LogP contribution in [0, 0.1) is 0 Å². The number of hydrogen-bond donors (Lipinski definition) is 2. The molecule has 144 valence electrons. The van der Waals surface area contributed by atoms with Gasteiger partial charge in [0.15, 0.2) is 5.96 Å². The standard InChI is InChI=1S/C17H32N4O2S2/c1-2-18-17(19-9-8-16-6-4-3-5-7-16)20-10-15-25(22,23)21-11-13-24-14-12-21/h6H,2-5,7-15H2,1H3,(H2,18,19,20). The third kappa shape index (κ3) is 7.58. The normalized spacial score (nSPS) is 20.2. The highest BCUT2D eigenvalue weighted by atomic mass is 32.2. The third-order valence-corrected chi connectivity index (χ3v) is 7.24. The summed E-state index contributed by atoms with van der Waals surface area (Å²) in [6, 6.07) is 0. The molecule has 0 spiro atoms. The van der Waals surface area contributed by atoms with Crippen molar-refractivity contribution in [3.63, 3.8) is 0 Å². The molecule has 0 bridgehead atoms. The number of rotatable bonds is 8. The fraction of sp³-hybridized carbons (Fsp3) is 0.824. The Morgan fingerprint density at radius 1 is 1.28 bits per heavy atom. The van der Waals surface area contributed by atoms with E-state index in [1.54, 1.807) is 4.31 Å². The Balaban J connectivity index is 1.76. The van der Waals surface area contributed by atoms with Crippen molar-refractivity contribution in [1.29, 1.82) is 0 Å². The fourth-order valence-electron chi connectivity index (χ4n) is 3.04. The zero-order chi connectivity index (χ0) is 18.0. The number of allylic oxidation sites excluding steroid dienone is 1. The van der Waals surface area contributed by atoms with Gasteiger partial charge in [0.25, 0.3) is 0 Å². The summed E-state index contributed by atoms with van der Waals surface area (Å²) in [6.45, 7) is 5.18. The summed E-state index contributed by atoms with van der Waals surface area (Å²) >= 11 is 1.81. The molecule has 0 aromatic rings. The Labute approximate surface area is 157 Å². The number of nitrogens with zero attached hydrogens (tertiary/aromatic N) is 2. The highest BCUT2D eigenvalue weighted by Crippen LogP contribution is 2.19. The number of aliphatic imine (C=N–C) groups is 1. The van der Waals surface area contributed by atoms with E-state index in [-0.39, 0.29) is 5.75 Å². The van der Waals surface area contributed by atoms with Crippen molar-refractivity contribution < 1.29 is 8.42 Å². The maximum atomic E-state index is 12.3. The van der Waals surface area contributed by atoms with Crippen molar-refractivity contribution in [2.75, 3.05) is 50.0 Å². The molecule has 0 atom stereocenters. The van der Waals surface area contributed by atoms with Crippen molar-refractivity contribution >= 4 is 27.7 Å². The number of thioether (sulfide) groups is 1. The van der Waals surface area contributed by atoms with Crippen LogP contribution in [0.15, 0.2) is 16.6 Å². The van der Waals surface area contributed by atoms with Crippen LogP contribution in [0.1, 0.15) is 39.0 Å². The SMILES string of the molecule is CCNC(=NCCS(=O)(=O)N1CCSCC1)NCCC1=CCCCC1. The van der Waals surface area contributed by atoms with Gasteiger partial charge < -0.3 is 10.6 Å². The monoisotopic (exact) mass is 388 g/mol. The van der Waals surface area contributed by atoms with Crippen molar-refractivity contribution in [1.82, 2.24) is 14.9 Å². The molecule has 0 unspecified atom stereocenters. The molecule has 1 aliphatic carbocycles. The molecule has 2 aliphatic rings. The fourth-order valence-corrected chi connectivity index (χ4v) is 5.49. The summed E-state index contributed by atoms with van der Waals surface area (Å²) in [5.74, 6) is 2.58. The summed E-state index contributed by atoms with van der Waals surface area (Å²) in [6.07, 6.45) is 8.42. The predicted octanol–water partition coefficient (Wildman–Crippen LogP) is 1.81. The zero-order valence-corrected chi connectivity index (χ0v) is 16.9. The average Bonchev–Trinajstić information content (AvgIpc) is 2.63. The first kappa shape index (κ1) is 20.6. The van der Waals surface area contributed by atoms with Gasteiger partial charge in [0.05, 0.1) is 12.3 Å². The Hall–Kier alpha value is -0.730. The largest absolute Gasteiger partial charge is 0.357 e. The van der Waals surface area contributed by atoms with Gasteiger partial charge in [-0.25, -0.2) is 12.7 Å². The Morgan fingerprint density at radius 2 is 2.08 bits per heavy atom. The van der Waals surface area contributed by atoms with Crippen LogP contribution in [-0.2, 0) is 10.0 Å². The van der Waals surface area contributed by atoms with E-state index in [0.29, 0.717) is 25.6 Å². The molecule has 0 aromatic heterocycles. The molecular formula is C17H32N4O2S2. The lowest BCUT2D eigenvalue weighted by Gasteiger charge is -2.25. The summed E-state index contributed by atoms with van der Waals surface area (Å²) in [5.41, 5.74) is 1.53. The van der Waals surface area contributed by atoms with Gasteiger partial charge in [0.1, 0.15) is 0 Å². The molecule has 1 fully saturated rings. The third-order valence-electron chi connectivity index (χ3n) is 4.45. The van der Waals surface area contributed by atoms with Crippen LogP contribution < -0.4 is 10.6 Å². The van der Waals surface area contributed by atoms with Gasteiger partial charge in [-0.1, -0.05) is 11.6 Å². The zero-order valence-electron chi connectivity index (χ0n) is 15.3. The van der Waals surface area contributed by atoms with E-state index in [1.165, 1.54) is 31.3 Å². The van der Waals surface area contributed by atoms with Gasteiger partial charge in [-0.3, -0.25) is 4.99 Å². The maximum Gasteiger partial charge on any atom is 0.215 e. The van der Waals surface area contributed by atoms with Crippen LogP contribution in [0.2, 0.25) is 0 Å². The Kier molecular flexibility index (Phi) is 9.12. The summed E-state index contributed by atoms with van der Waals surface area (Å²) in [4.78, 5) is 4.44. The first-order chi connectivity index (χ1) is 12.1. The van der Waals surface area contributed by atoms with Gasteiger partial charge in [0, 0.05) is 37.7 Å². The van der Waals surface area contributed by atoms with E-state index in [2.05, 4.69) is 21.7 Å². The second-order valence-electron chi connectivity index (χ2n) is 6.37. The second kappa shape index (κ2) is 11.1. The van der Waals surface area contributed by atoms with Gasteiger partial charge in [-0.2, -0.15) is 11.8 Å². The van der Waals surface area contributed by atoms with E-state index < -0.39 is 10.0 Å². The Morgan fingerprint density at radius 3 is 2.76 bits per heavy atom. The second-order valence-corrected chi connectivity index (χ2v) is 9.69. The predicted molar refractivity (Wildman–Crippen MR) is 108 cm³/mol. The molecule has 0 radical (unpaired) electrons. The van der Waals surface area contributed by atoms with E-state index in [9.17, 15) is 8.42 Å². The quantitative estimate of drug-likeness (QED) is 0.377. The molecule has 6 nitrogen and oxygen atoms in total. The van der Waals surface area contributed by atoms with Crippen LogP contribution in [0.25, 0.3) is 0 Å². The van der Waals surface area contributed by atoms with Crippen molar-refractivity contribution in [3.05, 3.63) is 11.6 Å². The minimum atomic E-state index is -3.18. The van der Waals surface area contributed by atoms with Gasteiger partial charge in [-0.05, 0) is 39.0 Å². The minimum absolute atomic E-state index is 0.0827. The highest BCUT2D eigenvalue weighted by molar-refractivity contribution is 7.99. The van der Waals surface area contributed by atoms with Crippen molar-refractivity contribution in [3.8, 4) is 0 Å². The first-order valence-electron chi connectivity index (χ1n) is 9.37. The Bertz CT molecular complexity index is 555. The summed E-state index contributed by atoms with van der Waals surface area (Å²) in [5, 5.41) is 6.51. The number of nitrogens with one attached hydrogen (secondary N) is 2. The van der Waals surface area contributed by atoms with Gasteiger partial charge >= 0.3 is 0 Å². The summed E-state index contributed by atoms with van der Waals surface area (Å²) < 4.78 is 26.3. The van der Waals surface area contributed by atoms with Gasteiger partial charge in [-0.15, -0.1) is 0 Å². The van der Waals surface area contributed by atoms with E-state index >= 15 is 0 Å². The van der Waals surface area contributed by atoms with Crippen LogP contribution in [0.4, 0.5) is 0 Å². The number of guanidine groups is 1. The molecular weight excluding hydrogens is 356 g/mol. The number of hydrogen-bond acceptors (Lipinski definition) is 4. The van der Waals surface area contributed by atoms with Crippen LogP contribution in [-0.4, -0.2) is 68.7 Å². The molecule has 0 amide bonds. The maximum absolute atomic E-state index is 12.3. The van der Waals surface area contributed by atoms with E-state index in [0.717, 1.165) is 31.0 Å². The average molecular weight is 389 g/mol. The molecule has 1 heterocycles. The van der Waals surface area contributed by atoms with Crippen LogP contribution in [0.5, 0.6) is 0 Å². The smallest absolute Gasteiger partial charge is 0.215 e. The molecule has 0 aromatic carbocycles. The van der Waals surface area contributed by atoms with E-state index in [4.69, 9.17) is 0 Å². The molecule has 25 heavy (non-hydrogen) atoms. The lowest BCUT2D eigenvalue weighted by atomic mass is 9.97. The molecule has 2 N–H and O–H groups in total. The lowest BCUT2D eigenvalue weighted by Crippen LogP contribution is -2.41. The first-order valence-corrected chi connectivity index (χ1v) is 12.1. The molecule has 1 aliphatic heterocycles. The van der Waals surface area contributed by atoms with E-state index in [1.807, 2.05) is 18.7 Å². The minimum Gasteiger partial charge on any atom is -0.357 e. The molecule has 0 saturated carbocycles. The topological polar surface area (TPSA) is 73.8 Å². The highest BCUT2D eigenvalue weighted by Gasteiger charge is 2.23. The van der Waals surface area contributed by atoms with Crippen molar-refractivity contribution in [2.24, 2.45) is 4.99 Å². The van der Waals surface area contributed by atoms with Crippen LogP contribution >= 0.6 is 11.8 Å². The number of sulfonamides is 1. The molecule has 1 saturated heterocycles. The molecule has 2 rings (SSSR count). The lowest BCUT2D eigenvalue weighted by molar-refractivity contribution is 0.444. The molecule has 8 heteroatoms. The van der Waals surface area contributed by atoms with Gasteiger partial charge in [0.2, 0.25) is 10.0 Å².